The summed E-state index contributed by atoms with van der Waals surface area (Å²) in [6.45, 7) is 1.74. The number of rotatable bonds is 6. The van der Waals surface area contributed by atoms with Crippen LogP contribution in [0.5, 0.6) is 0 Å². The number of aliphatic hydroxyl groups is 1. The third-order valence-corrected chi connectivity index (χ3v) is 5.79. The van der Waals surface area contributed by atoms with E-state index in [1.165, 1.54) is 0 Å². The van der Waals surface area contributed by atoms with Crippen molar-refractivity contribution in [3.05, 3.63) is 84.1 Å². The predicted molar refractivity (Wildman–Crippen MR) is 120 cm³/mol. The lowest BCUT2D eigenvalue weighted by molar-refractivity contribution is 0.199. The van der Waals surface area contributed by atoms with Gasteiger partial charge in [-0.2, -0.15) is 5.26 Å². The summed E-state index contributed by atoms with van der Waals surface area (Å²) in [6.07, 6.45) is 1.61. The third-order valence-electron chi connectivity index (χ3n) is 4.63. The van der Waals surface area contributed by atoms with Gasteiger partial charge in [0.1, 0.15) is 0 Å². The Morgan fingerprint density at radius 1 is 1.07 bits per heavy atom. The van der Waals surface area contributed by atoms with Crippen molar-refractivity contribution in [2.45, 2.75) is 19.4 Å². The number of nitrogens with zero attached hydrogens (tertiary/aromatic N) is 3. The molecule has 0 spiro atoms. The van der Waals surface area contributed by atoms with Crippen molar-refractivity contribution >= 4 is 23.0 Å². The lowest BCUT2D eigenvalue weighted by Gasteiger charge is -2.09. The summed E-state index contributed by atoms with van der Waals surface area (Å²) in [5.41, 5.74) is 4.60. The average molecular weight is 413 g/mol. The molecule has 4 aromatic rings. The van der Waals surface area contributed by atoms with Crippen LogP contribution in [-0.4, -0.2) is 15.1 Å². The monoisotopic (exact) mass is 412 g/mol. The zero-order chi connectivity index (χ0) is 20.9. The summed E-state index contributed by atoms with van der Waals surface area (Å²) in [5, 5.41) is 21.9. The first-order valence-corrected chi connectivity index (χ1v) is 10.4. The van der Waals surface area contributed by atoms with E-state index in [1.54, 1.807) is 24.5 Å². The second-order valence-corrected chi connectivity index (χ2v) is 7.97. The smallest absolute Gasteiger partial charge is 0.227 e. The maximum atomic E-state index is 9.78. The maximum Gasteiger partial charge on any atom is 0.227 e. The van der Waals surface area contributed by atoms with E-state index in [2.05, 4.69) is 45.6 Å². The van der Waals surface area contributed by atoms with Gasteiger partial charge in [0.2, 0.25) is 5.95 Å². The van der Waals surface area contributed by atoms with Crippen molar-refractivity contribution in [2.75, 3.05) is 5.32 Å². The van der Waals surface area contributed by atoms with E-state index < -0.39 is 6.10 Å². The molecule has 0 aliphatic heterocycles. The number of nitriles is 1. The van der Waals surface area contributed by atoms with Crippen molar-refractivity contribution in [1.29, 1.82) is 5.26 Å². The zero-order valence-corrected chi connectivity index (χ0v) is 17.2. The Morgan fingerprint density at radius 3 is 2.73 bits per heavy atom. The molecule has 0 saturated carbocycles. The second kappa shape index (κ2) is 8.87. The minimum Gasteiger partial charge on any atom is -0.389 e. The molecular weight excluding hydrogens is 392 g/mol. The summed E-state index contributed by atoms with van der Waals surface area (Å²) in [5.74, 6) is 0.501. The Morgan fingerprint density at radius 2 is 1.90 bits per heavy atom. The van der Waals surface area contributed by atoms with Crippen molar-refractivity contribution in [2.24, 2.45) is 0 Å². The molecule has 0 saturated heterocycles. The van der Waals surface area contributed by atoms with E-state index >= 15 is 0 Å². The number of nitrogens with one attached hydrogen (secondary N) is 1. The molecule has 0 aliphatic rings. The number of hydrogen-bond donors (Lipinski definition) is 2. The van der Waals surface area contributed by atoms with Crippen molar-refractivity contribution in [1.82, 2.24) is 9.97 Å². The molecule has 0 fully saturated rings. The van der Waals surface area contributed by atoms with Crippen LogP contribution >= 0.6 is 11.3 Å². The van der Waals surface area contributed by atoms with Crippen LogP contribution < -0.4 is 5.32 Å². The fraction of sp³-hybridized carbons (Fsp3) is 0.125. The highest BCUT2D eigenvalue weighted by Crippen LogP contribution is 2.34. The summed E-state index contributed by atoms with van der Waals surface area (Å²) in [7, 11) is 0. The number of benzene rings is 2. The zero-order valence-electron chi connectivity index (χ0n) is 16.4. The first kappa shape index (κ1) is 19.8. The Balaban J connectivity index is 1.57. The predicted octanol–water partition coefficient (Wildman–Crippen LogP) is 5.74. The van der Waals surface area contributed by atoms with E-state index in [-0.39, 0.29) is 0 Å². The highest BCUT2D eigenvalue weighted by atomic mass is 32.1. The lowest BCUT2D eigenvalue weighted by Crippen LogP contribution is -1.99. The van der Waals surface area contributed by atoms with Gasteiger partial charge >= 0.3 is 0 Å². The summed E-state index contributed by atoms with van der Waals surface area (Å²) >= 11 is 1.65. The van der Waals surface area contributed by atoms with Crippen LogP contribution in [0.4, 0.5) is 11.6 Å². The van der Waals surface area contributed by atoms with Crippen LogP contribution in [0.25, 0.3) is 21.0 Å². The van der Waals surface area contributed by atoms with Crippen LogP contribution in [-0.2, 0) is 6.42 Å². The molecule has 6 heteroatoms. The normalized spacial score (nSPS) is 11.6. The molecule has 148 valence electrons. The first-order valence-electron chi connectivity index (χ1n) is 9.57. The number of thiophene rings is 1. The molecule has 0 amide bonds. The molecule has 5 nitrogen and oxygen atoms in total. The number of aromatic nitrogens is 2. The molecule has 2 aromatic carbocycles. The quantitative estimate of drug-likeness (QED) is 0.422. The summed E-state index contributed by atoms with van der Waals surface area (Å²) in [4.78, 5) is 11.1. The minimum absolute atomic E-state index is 0.406. The first-order chi connectivity index (χ1) is 14.6. The Bertz CT molecular complexity index is 1210. The van der Waals surface area contributed by atoms with Crippen molar-refractivity contribution in [3.63, 3.8) is 0 Å². The van der Waals surface area contributed by atoms with Crippen molar-refractivity contribution in [3.8, 4) is 27.1 Å². The van der Waals surface area contributed by atoms with Gasteiger partial charge in [0.05, 0.1) is 29.2 Å². The fourth-order valence-electron chi connectivity index (χ4n) is 3.12. The molecule has 1 unspecified atom stereocenters. The van der Waals surface area contributed by atoms with Gasteiger partial charge < -0.3 is 10.4 Å². The van der Waals surface area contributed by atoms with E-state index in [0.29, 0.717) is 12.4 Å². The molecule has 30 heavy (non-hydrogen) atoms. The van der Waals surface area contributed by atoms with Gasteiger partial charge in [0, 0.05) is 16.8 Å². The molecular formula is C24H20N4OS. The van der Waals surface area contributed by atoms with E-state index in [9.17, 15) is 5.11 Å². The summed E-state index contributed by atoms with van der Waals surface area (Å²) in [6, 6.07) is 23.8. The molecule has 0 aliphatic carbocycles. The highest BCUT2D eigenvalue weighted by Gasteiger charge is 2.09. The Labute approximate surface area is 179 Å². The molecule has 0 radical (unpaired) electrons. The van der Waals surface area contributed by atoms with E-state index in [0.717, 1.165) is 37.8 Å². The standard InChI is InChI=1S/C24H20N4OS/c1-16(29)18-5-3-7-20(15-18)27-24-26-13-11-21(28-24)23-9-8-22(30-23)19-6-2-4-17(14-19)10-12-25/h2-9,11,13-16,29H,10H2,1H3,(H,26,27,28). The topological polar surface area (TPSA) is 81.8 Å². The molecule has 2 heterocycles. The molecule has 1 atom stereocenters. The Kier molecular flexibility index (Phi) is 5.84. The lowest BCUT2D eigenvalue weighted by atomic mass is 10.1. The fourth-order valence-corrected chi connectivity index (χ4v) is 4.09. The van der Waals surface area contributed by atoms with E-state index in [4.69, 9.17) is 5.26 Å². The number of aliphatic hydroxyl groups excluding tert-OH is 1. The van der Waals surface area contributed by atoms with Gasteiger partial charge in [0.25, 0.3) is 0 Å². The van der Waals surface area contributed by atoms with Crippen LogP contribution in [0.3, 0.4) is 0 Å². The minimum atomic E-state index is -0.532. The SMILES string of the molecule is CC(O)c1cccc(Nc2nccc(-c3ccc(-c4cccc(CC#N)c4)s3)n2)c1. The van der Waals surface area contributed by atoms with Gasteiger partial charge in [-0.15, -0.1) is 11.3 Å². The molecule has 2 N–H and O–H groups in total. The largest absolute Gasteiger partial charge is 0.389 e. The van der Waals surface area contributed by atoms with Crippen LogP contribution in [0.15, 0.2) is 72.9 Å². The number of hydrogen-bond acceptors (Lipinski definition) is 6. The maximum absolute atomic E-state index is 9.78. The molecule has 4 rings (SSSR count). The van der Waals surface area contributed by atoms with Gasteiger partial charge in [-0.1, -0.05) is 30.3 Å². The van der Waals surface area contributed by atoms with Crippen molar-refractivity contribution < 1.29 is 5.11 Å². The molecule has 2 aromatic heterocycles. The van der Waals surface area contributed by atoms with Gasteiger partial charge in [0.15, 0.2) is 0 Å². The van der Waals surface area contributed by atoms with E-state index in [1.807, 2.05) is 42.5 Å². The molecule has 0 bridgehead atoms. The van der Waals surface area contributed by atoms with Gasteiger partial charge in [-0.05, 0) is 60.0 Å². The average Bonchev–Trinajstić information content (AvgIpc) is 3.25. The van der Waals surface area contributed by atoms with Gasteiger partial charge in [-0.25, -0.2) is 9.97 Å². The Hall–Kier alpha value is -3.53. The van der Waals surface area contributed by atoms with Crippen LogP contribution in [0.2, 0.25) is 0 Å². The van der Waals surface area contributed by atoms with Crippen LogP contribution in [0.1, 0.15) is 24.2 Å². The van der Waals surface area contributed by atoms with Gasteiger partial charge in [-0.3, -0.25) is 0 Å². The van der Waals surface area contributed by atoms with Crippen LogP contribution in [0, 0.1) is 11.3 Å². The summed E-state index contributed by atoms with van der Waals surface area (Å²) < 4.78 is 0. The second-order valence-electron chi connectivity index (χ2n) is 6.89. The third kappa shape index (κ3) is 4.54. The highest BCUT2D eigenvalue weighted by molar-refractivity contribution is 7.18. The number of anilines is 2.